The molecule has 0 radical (unpaired) electrons. The summed E-state index contributed by atoms with van der Waals surface area (Å²) in [5, 5.41) is 0.572. The number of carbonyl (C=O) groups excluding carboxylic acids is 1. The Morgan fingerprint density at radius 2 is 2.26 bits per heavy atom. The molecule has 0 spiro atoms. The normalized spacial score (nSPS) is 22.3. The maximum Gasteiger partial charge on any atom is 0.324 e. The van der Waals surface area contributed by atoms with E-state index in [1.54, 1.807) is 0 Å². The average molecular weight is 285 g/mol. The first-order valence-electron chi connectivity index (χ1n) is 6.16. The van der Waals surface area contributed by atoms with Gasteiger partial charge in [-0.1, -0.05) is 17.7 Å². The van der Waals surface area contributed by atoms with Crippen LogP contribution in [0, 0.1) is 0 Å². The summed E-state index contributed by atoms with van der Waals surface area (Å²) in [6.45, 7) is 2.49. The lowest BCUT2D eigenvalue weighted by molar-refractivity contribution is -0.142. The van der Waals surface area contributed by atoms with Crippen molar-refractivity contribution in [2.45, 2.75) is 25.4 Å². The number of esters is 1. The van der Waals surface area contributed by atoms with Crippen molar-refractivity contribution in [3.8, 4) is 5.75 Å². The molecular weight excluding hydrogens is 268 g/mol. The Morgan fingerprint density at radius 1 is 1.47 bits per heavy atom. The molecule has 19 heavy (non-hydrogen) atoms. The predicted molar refractivity (Wildman–Crippen MR) is 72.1 cm³/mol. The number of halogens is 1. The van der Waals surface area contributed by atoms with Crippen LogP contribution in [0.5, 0.6) is 5.75 Å². The Morgan fingerprint density at radius 3 is 2.89 bits per heavy atom. The monoisotopic (exact) mass is 284 g/mol. The second-order valence-electron chi connectivity index (χ2n) is 4.28. The zero-order chi connectivity index (χ0) is 13.8. The van der Waals surface area contributed by atoms with E-state index in [0.717, 1.165) is 5.56 Å². The van der Waals surface area contributed by atoms with Crippen molar-refractivity contribution in [2.75, 3.05) is 13.7 Å². The van der Waals surface area contributed by atoms with Gasteiger partial charge in [0.2, 0.25) is 0 Å². The lowest BCUT2D eigenvalue weighted by Crippen LogP contribution is -2.36. The Hall–Kier alpha value is -1.30. The minimum absolute atomic E-state index is 0.0253. The summed E-state index contributed by atoms with van der Waals surface area (Å²) in [5.41, 5.74) is 6.99. The van der Waals surface area contributed by atoms with Gasteiger partial charge in [-0.2, -0.15) is 0 Å². The van der Waals surface area contributed by atoms with Gasteiger partial charge in [-0.15, -0.1) is 0 Å². The van der Waals surface area contributed by atoms with Gasteiger partial charge in [0.05, 0.1) is 18.7 Å². The lowest BCUT2D eigenvalue weighted by Gasteiger charge is -2.12. The number of carbonyl (C=O) groups is 1. The third-order valence-electron chi connectivity index (χ3n) is 3.05. The SMILES string of the molecule is CCOc1ccc(C2CC(C(=O)OC)NN2)cc1Cl. The molecule has 5 nitrogen and oxygen atoms in total. The summed E-state index contributed by atoms with van der Waals surface area (Å²) in [7, 11) is 1.38. The molecule has 1 fully saturated rings. The molecule has 1 aliphatic rings. The van der Waals surface area contributed by atoms with Gasteiger partial charge in [0.25, 0.3) is 0 Å². The summed E-state index contributed by atoms with van der Waals surface area (Å²) in [5.74, 6) is 0.399. The number of benzene rings is 1. The number of rotatable bonds is 4. The summed E-state index contributed by atoms with van der Waals surface area (Å²) in [6.07, 6.45) is 0.622. The van der Waals surface area contributed by atoms with Gasteiger partial charge in [-0.25, -0.2) is 10.9 Å². The van der Waals surface area contributed by atoms with Crippen molar-refractivity contribution in [3.05, 3.63) is 28.8 Å². The quantitative estimate of drug-likeness (QED) is 0.826. The Balaban J connectivity index is 2.07. The highest BCUT2D eigenvalue weighted by atomic mass is 35.5. The fourth-order valence-corrected chi connectivity index (χ4v) is 2.32. The van der Waals surface area contributed by atoms with Gasteiger partial charge < -0.3 is 9.47 Å². The third-order valence-corrected chi connectivity index (χ3v) is 3.34. The molecule has 0 saturated carbocycles. The largest absolute Gasteiger partial charge is 0.492 e. The standard InChI is InChI=1S/C13H17ClN2O3/c1-3-19-12-5-4-8(6-9(12)14)10-7-11(16-15-10)13(17)18-2/h4-6,10-11,15-16H,3,7H2,1-2H3. The molecule has 2 atom stereocenters. The van der Waals surface area contributed by atoms with E-state index in [2.05, 4.69) is 10.9 Å². The fraction of sp³-hybridized carbons (Fsp3) is 0.462. The highest BCUT2D eigenvalue weighted by Gasteiger charge is 2.30. The van der Waals surface area contributed by atoms with E-state index in [4.69, 9.17) is 21.1 Å². The first kappa shape index (κ1) is 14.1. The summed E-state index contributed by atoms with van der Waals surface area (Å²) >= 11 is 6.15. The molecule has 6 heteroatoms. The molecule has 2 rings (SSSR count). The lowest BCUT2D eigenvalue weighted by atomic mass is 10.0. The van der Waals surface area contributed by atoms with Crippen molar-refractivity contribution in [2.24, 2.45) is 0 Å². The average Bonchev–Trinajstić information content (AvgIpc) is 2.90. The Labute approximate surface area is 117 Å². The number of ether oxygens (including phenoxy) is 2. The number of methoxy groups -OCH3 is 1. The van der Waals surface area contributed by atoms with E-state index >= 15 is 0 Å². The molecular formula is C13H17ClN2O3. The second kappa shape index (κ2) is 6.23. The topological polar surface area (TPSA) is 59.6 Å². The zero-order valence-electron chi connectivity index (χ0n) is 10.9. The van der Waals surface area contributed by atoms with Gasteiger partial charge in [0.15, 0.2) is 0 Å². The molecule has 104 valence electrons. The van der Waals surface area contributed by atoms with Crippen LogP contribution in [-0.2, 0) is 9.53 Å². The number of hydrogen-bond donors (Lipinski definition) is 2. The molecule has 0 bridgehead atoms. The molecule has 1 aromatic rings. The maximum absolute atomic E-state index is 11.4. The van der Waals surface area contributed by atoms with Crippen molar-refractivity contribution in [1.29, 1.82) is 0 Å². The molecule has 1 saturated heterocycles. The van der Waals surface area contributed by atoms with Crippen molar-refractivity contribution >= 4 is 17.6 Å². The van der Waals surface area contributed by atoms with Crippen LogP contribution in [0.25, 0.3) is 0 Å². The van der Waals surface area contributed by atoms with E-state index in [-0.39, 0.29) is 18.1 Å². The molecule has 1 aromatic carbocycles. The third kappa shape index (κ3) is 3.18. The van der Waals surface area contributed by atoms with Crippen LogP contribution in [0.1, 0.15) is 24.9 Å². The molecule has 0 amide bonds. The minimum atomic E-state index is -0.333. The van der Waals surface area contributed by atoms with Crippen LogP contribution in [-0.4, -0.2) is 25.7 Å². The summed E-state index contributed by atoms with van der Waals surface area (Å²) < 4.78 is 10.1. The smallest absolute Gasteiger partial charge is 0.324 e. The summed E-state index contributed by atoms with van der Waals surface area (Å²) in [4.78, 5) is 11.4. The number of hydrazine groups is 1. The van der Waals surface area contributed by atoms with Crippen LogP contribution in [0.15, 0.2) is 18.2 Å². The maximum atomic E-state index is 11.4. The van der Waals surface area contributed by atoms with Gasteiger partial charge >= 0.3 is 5.97 Å². The molecule has 1 heterocycles. The molecule has 1 aliphatic heterocycles. The van der Waals surface area contributed by atoms with E-state index in [0.29, 0.717) is 23.8 Å². The number of hydrogen-bond acceptors (Lipinski definition) is 5. The van der Waals surface area contributed by atoms with Crippen LogP contribution < -0.4 is 15.6 Å². The highest BCUT2D eigenvalue weighted by Crippen LogP contribution is 2.30. The van der Waals surface area contributed by atoms with Crippen molar-refractivity contribution in [1.82, 2.24) is 10.9 Å². The molecule has 2 N–H and O–H groups in total. The van der Waals surface area contributed by atoms with Gasteiger partial charge in [-0.3, -0.25) is 4.79 Å². The van der Waals surface area contributed by atoms with Crippen molar-refractivity contribution in [3.63, 3.8) is 0 Å². The minimum Gasteiger partial charge on any atom is -0.492 e. The number of nitrogens with one attached hydrogen (secondary N) is 2. The van der Waals surface area contributed by atoms with E-state index < -0.39 is 0 Å². The van der Waals surface area contributed by atoms with Crippen molar-refractivity contribution < 1.29 is 14.3 Å². The second-order valence-corrected chi connectivity index (χ2v) is 4.68. The predicted octanol–water partition coefficient (Wildman–Crippen LogP) is 1.82. The fourth-order valence-electron chi connectivity index (χ4n) is 2.08. The highest BCUT2D eigenvalue weighted by molar-refractivity contribution is 6.32. The van der Waals surface area contributed by atoms with Crippen LogP contribution in [0.2, 0.25) is 5.02 Å². The zero-order valence-corrected chi connectivity index (χ0v) is 11.7. The van der Waals surface area contributed by atoms with Gasteiger partial charge in [0.1, 0.15) is 11.8 Å². The first-order valence-corrected chi connectivity index (χ1v) is 6.54. The molecule has 2 unspecified atom stereocenters. The first-order chi connectivity index (χ1) is 9.15. The molecule has 0 aromatic heterocycles. The van der Waals surface area contributed by atoms with Crippen LogP contribution in [0.4, 0.5) is 0 Å². The van der Waals surface area contributed by atoms with Crippen LogP contribution >= 0.6 is 11.6 Å². The van der Waals surface area contributed by atoms with Gasteiger partial charge in [0, 0.05) is 6.04 Å². The van der Waals surface area contributed by atoms with Gasteiger partial charge in [-0.05, 0) is 31.0 Å². The Kier molecular flexibility index (Phi) is 4.63. The Bertz CT molecular complexity index is 467. The van der Waals surface area contributed by atoms with E-state index in [9.17, 15) is 4.79 Å². The summed E-state index contributed by atoms with van der Waals surface area (Å²) in [6, 6.07) is 5.33. The van der Waals surface area contributed by atoms with E-state index in [1.165, 1.54) is 7.11 Å². The van der Waals surface area contributed by atoms with Crippen LogP contribution in [0.3, 0.4) is 0 Å². The molecule has 0 aliphatic carbocycles. The van der Waals surface area contributed by atoms with E-state index in [1.807, 2.05) is 25.1 Å².